The van der Waals surface area contributed by atoms with E-state index in [0.717, 1.165) is 22.7 Å². The quantitative estimate of drug-likeness (QED) is 0.351. The number of alkyl halides is 3. The fraction of sp³-hybridized carbons (Fsp3) is 0.688. The summed E-state index contributed by atoms with van der Waals surface area (Å²) < 4.78 is 96.0. The van der Waals surface area contributed by atoms with E-state index in [-0.39, 0.29) is 11.2 Å². The summed E-state index contributed by atoms with van der Waals surface area (Å²) in [5.41, 5.74) is -0.175. The van der Waals surface area contributed by atoms with Crippen LogP contribution in [-0.4, -0.2) is 85.0 Å². The number of rotatable bonds is 8. The second-order valence-electron chi connectivity index (χ2n) is 14.3. The predicted octanol–water partition coefficient (Wildman–Crippen LogP) is 5.47. The minimum atomic E-state index is -4.54. The van der Waals surface area contributed by atoms with Gasteiger partial charge in [-0.1, -0.05) is 20.8 Å². The third-order valence-corrected chi connectivity index (χ3v) is 16.2. The van der Waals surface area contributed by atoms with Gasteiger partial charge < -0.3 is 20.1 Å². The number of aromatic nitrogens is 2. The van der Waals surface area contributed by atoms with E-state index in [1.165, 1.54) is 39.0 Å². The van der Waals surface area contributed by atoms with Gasteiger partial charge in [0.2, 0.25) is 11.8 Å². The predicted molar refractivity (Wildman–Crippen MR) is 186 cm³/mol. The molecule has 2 aliphatic heterocycles. The van der Waals surface area contributed by atoms with Crippen LogP contribution in [0, 0.1) is 6.92 Å². The Hall–Kier alpha value is -2.67. The van der Waals surface area contributed by atoms with Crippen LogP contribution in [0.25, 0.3) is 0 Å². The number of hydrogen-bond donors (Lipinski definition) is 2. The molecule has 0 bridgehead atoms. The lowest BCUT2D eigenvalue weighted by atomic mass is 9.94. The summed E-state index contributed by atoms with van der Waals surface area (Å²) in [6.07, 6.45) is -2.49. The average molecular weight is 769 g/mol. The number of nitrogens with zero attached hydrogens (tertiary/aromatic N) is 2. The Balaban J connectivity index is 0.000000270. The Kier molecular flexibility index (Phi) is 13.0. The van der Waals surface area contributed by atoms with Crippen LogP contribution in [0.4, 0.5) is 24.1 Å². The lowest BCUT2D eigenvalue weighted by Crippen LogP contribution is -2.50. The van der Waals surface area contributed by atoms with Gasteiger partial charge in [-0.25, -0.2) is 26.8 Å². The van der Waals surface area contributed by atoms with E-state index in [1.807, 2.05) is 6.92 Å². The van der Waals surface area contributed by atoms with Crippen LogP contribution in [-0.2, 0) is 50.3 Å². The van der Waals surface area contributed by atoms with Crippen molar-refractivity contribution in [2.24, 2.45) is 0 Å². The molecular weight excluding hydrogens is 722 g/mol. The van der Waals surface area contributed by atoms with Crippen molar-refractivity contribution < 1.29 is 49.1 Å². The smallest absolute Gasteiger partial charge is 0.381 e. The number of hydrogen-bond acceptors (Lipinski definition) is 11. The van der Waals surface area contributed by atoms with Gasteiger partial charge in [0.25, 0.3) is 0 Å². The molecule has 50 heavy (non-hydrogen) atoms. The molecule has 0 aromatic carbocycles. The van der Waals surface area contributed by atoms with Crippen LogP contribution in [0.1, 0.15) is 90.3 Å². The standard InChI is InChI=1S/C17H28N2O4S2.C15H19F3N2O4S/c1-11-13(16(2,3)4)24-15(18-11)19-14(20)17(5,6)25(21,22)12-7-9-23-10-8-12;1-14(2,25(22,23)11-5-7-24-8-6-11)13(21)20-12-4-3-10(9-19-12)15(16,17)18/h12H,7-10H2,1-6H3,(H,18,19,20);3-4,9,11H,5-8H2,1-2H3,(H,19,20,21). The van der Waals surface area contributed by atoms with Gasteiger partial charge in [0.1, 0.15) is 15.3 Å². The molecular formula is C32H47F3N4O8S3. The van der Waals surface area contributed by atoms with Gasteiger partial charge in [-0.3, -0.25) is 9.59 Å². The van der Waals surface area contributed by atoms with Crippen LogP contribution in [0.3, 0.4) is 0 Å². The van der Waals surface area contributed by atoms with E-state index in [2.05, 4.69) is 41.4 Å². The minimum absolute atomic E-state index is 0.0750. The van der Waals surface area contributed by atoms with Crippen LogP contribution in [0.5, 0.6) is 0 Å². The largest absolute Gasteiger partial charge is 0.417 e. The molecule has 2 fully saturated rings. The molecule has 2 aromatic rings. The van der Waals surface area contributed by atoms with Crippen molar-refractivity contribution in [2.45, 2.75) is 113 Å². The van der Waals surface area contributed by atoms with Gasteiger partial charge in [-0.2, -0.15) is 13.2 Å². The van der Waals surface area contributed by atoms with Crippen molar-refractivity contribution >= 4 is 53.8 Å². The molecule has 2 saturated heterocycles. The molecule has 2 aromatic heterocycles. The van der Waals surface area contributed by atoms with Crippen molar-refractivity contribution in [1.82, 2.24) is 9.97 Å². The summed E-state index contributed by atoms with van der Waals surface area (Å²) in [7, 11) is -7.44. The van der Waals surface area contributed by atoms with Crippen molar-refractivity contribution in [3.8, 4) is 0 Å². The van der Waals surface area contributed by atoms with Gasteiger partial charge in [-0.05, 0) is 77.8 Å². The molecule has 4 rings (SSSR count). The molecule has 2 N–H and O–H groups in total. The van der Waals surface area contributed by atoms with E-state index in [9.17, 15) is 39.6 Å². The van der Waals surface area contributed by atoms with Gasteiger partial charge in [0.15, 0.2) is 24.8 Å². The summed E-state index contributed by atoms with van der Waals surface area (Å²) in [5, 5.41) is 4.21. The fourth-order valence-electron chi connectivity index (χ4n) is 5.36. The first-order chi connectivity index (χ1) is 22.8. The Bertz CT molecular complexity index is 1720. The number of ether oxygens (including phenoxy) is 2. The maximum atomic E-state index is 12.9. The highest BCUT2D eigenvalue weighted by molar-refractivity contribution is 7.94. The first-order valence-electron chi connectivity index (χ1n) is 16.1. The number of halogens is 3. The van der Waals surface area contributed by atoms with E-state index in [0.29, 0.717) is 63.4 Å². The molecule has 4 heterocycles. The molecule has 2 amide bonds. The first-order valence-corrected chi connectivity index (χ1v) is 20.0. The average Bonchev–Trinajstić information content (AvgIpc) is 3.42. The number of carbonyl (C=O) groups excluding carboxylic acids is 2. The van der Waals surface area contributed by atoms with Crippen LogP contribution >= 0.6 is 11.3 Å². The second kappa shape index (κ2) is 15.5. The number of amides is 2. The fourth-order valence-corrected chi connectivity index (χ4v) is 10.3. The monoisotopic (exact) mass is 768 g/mol. The third-order valence-electron chi connectivity index (χ3n) is 8.76. The maximum Gasteiger partial charge on any atom is 0.417 e. The highest BCUT2D eigenvalue weighted by atomic mass is 32.2. The van der Waals surface area contributed by atoms with Crippen LogP contribution in [0.15, 0.2) is 18.3 Å². The molecule has 18 heteroatoms. The van der Waals surface area contributed by atoms with Gasteiger partial charge in [0.05, 0.1) is 21.8 Å². The number of carbonyl (C=O) groups is 2. The van der Waals surface area contributed by atoms with Crippen molar-refractivity contribution in [3.05, 3.63) is 34.5 Å². The van der Waals surface area contributed by atoms with Gasteiger partial charge >= 0.3 is 6.18 Å². The SMILES string of the molecule is CC(C)(C(=O)Nc1ccc(C(F)(F)F)cn1)S(=O)(=O)C1CCOCC1.Cc1nc(NC(=O)C(C)(C)S(=O)(=O)C2CCOCC2)sc1C(C)(C)C. The Morgan fingerprint density at radius 1 is 0.780 bits per heavy atom. The highest BCUT2D eigenvalue weighted by Crippen LogP contribution is 2.35. The third kappa shape index (κ3) is 9.40. The molecule has 0 atom stereocenters. The van der Waals surface area contributed by atoms with Gasteiger partial charge in [0, 0.05) is 37.5 Å². The molecule has 0 saturated carbocycles. The summed E-state index contributed by atoms with van der Waals surface area (Å²) in [6, 6.07) is 1.75. The van der Waals surface area contributed by atoms with Crippen molar-refractivity contribution in [2.75, 3.05) is 37.1 Å². The summed E-state index contributed by atoms with van der Waals surface area (Å²) in [6.45, 7) is 15.1. The number of pyridine rings is 1. The first kappa shape index (κ1) is 41.7. The van der Waals surface area contributed by atoms with Crippen molar-refractivity contribution in [1.29, 1.82) is 0 Å². The zero-order valence-corrected chi connectivity index (χ0v) is 32.0. The second-order valence-corrected chi connectivity index (χ2v) is 20.8. The lowest BCUT2D eigenvalue weighted by Gasteiger charge is -2.31. The summed E-state index contributed by atoms with van der Waals surface area (Å²) in [4.78, 5) is 34.2. The number of thiazole rings is 1. The molecule has 12 nitrogen and oxygen atoms in total. The van der Waals surface area contributed by atoms with E-state index < -0.39 is 63.2 Å². The van der Waals surface area contributed by atoms with E-state index >= 15 is 0 Å². The molecule has 0 unspecified atom stereocenters. The molecule has 2 aliphatic rings. The molecule has 0 aliphatic carbocycles. The maximum absolute atomic E-state index is 12.9. The molecule has 282 valence electrons. The highest BCUT2D eigenvalue weighted by Gasteiger charge is 2.48. The van der Waals surface area contributed by atoms with E-state index in [4.69, 9.17) is 9.47 Å². The van der Waals surface area contributed by atoms with Crippen LogP contribution < -0.4 is 10.6 Å². The zero-order valence-electron chi connectivity index (χ0n) is 29.6. The van der Waals surface area contributed by atoms with Crippen molar-refractivity contribution in [3.63, 3.8) is 0 Å². The zero-order chi connectivity index (χ0) is 37.9. The normalized spacial score (nSPS) is 17.4. The number of anilines is 2. The topological polar surface area (TPSA) is 171 Å². The Morgan fingerprint density at radius 2 is 1.22 bits per heavy atom. The van der Waals surface area contributed by atoms with Crippen LogP contribution in [0.2, 0.25) is 0 Å². The number of aryl methyl sites for hydroxylation is 1. The molecule has 0 spiro atoms. The Morgan fingerprint density at radius 3 is 1.58 bits per heavy atom. The number of nitrogens with one attached hydrogen (secondary N) is 2. The minimum Gasteiger partial charge on any atom is -0.381 e. The summed E-state index contributed by atoms with van der Waals surface area (Å²) >= 11 is 1.40. The summed E-state index contributed by atoms with van der Waals surface area (Å²) in [5.74, 6) is -1.52. The number of sulfone groups is 2. The lowest BCUT2D eigenvalue weighted by molar-refractivity contribution is -0.137. The van der Waals surface area contributed by atoms with E-state index in [1.54, 1.807) is 0 Å². The molecule has 0 radical (unpaired) electrons. The van der Waals surface area contributed by atoms with Gasteiger partial charge in [-0.15, -0.1) is 11.3 Å². The Labute approximate surface area is 296 Å².